The van der Waals surface area contributed by atoms with Crippen molar-refractivity contribution in [3.8, 4) is 0 Å². The summed E-state index contributed by atoms with van der Waals surface area (Å²) in [4.78, 5) is 0. The van der Waals surface area contributed by atoms with Gasteiger partial charge in [0.05, 0.1) is 0 Å². The van der Waals surface area contributed by atoms with Crippen molar-refractivity contribution in [2.45, 2.75) is 106 Å². The number of aliphatic hydroxyl groups excluding tert-OH is 1. The van der Waals surface area contributed by atoms with Gasteiger partial charge in [-0.2, -0.15) is 0 Å². The van der Waals surface area contributed by atoms with Crippen LogP contribution in [-0.4, -0.2) is 11.7 Å². The molecule has 0 aliphatic rings. The van der Waals surface area contributed by atoms with Crippen LogP contribution in [0.5, 0.6) is 0 Å². The summed E-state index contributed by atoms with van der Waals surface area (Å²) in [5.74, 6) is 0.550. The Balaban J connectivity index is 3.54. The van der Waals surface area contributed by atoms with Gasteiger partial charge in [-0.15, -0.1) is 0 Å². The second kappa shape index (κ2) is 10.6. The number of rotatable bonds is 11. The van der Waals surface area contributed by atoms with Crippen LogP contribution in [0.1, 0.15) is 106 Å². The predicted octanol–water partition coefficient (Wildman–Crippen LogP) is 6.59. The van der Waals surface area contributed by atoms with Gasteiger partial charge in [0.2, 0.25) is 0 Å². The van der Waals surface area contributed by atoms with Crippen LogP contribution in [0.3, 0.4) is 0 Å². The first-order valence-electron chi connectivity index (χ1n) is 9.25. The van der Waals surface area contributed by atoms with E-state index >= 15 is 0 Å². The third kappa shape index (κ3) is 16.2. The van der Waals surface area contributed by atoms with E-state index in [2.05, 4.69) is 41.5 Å². The van der Waals surface area contributed by atoms with Gasteiger partial charge in [0.15, 0.2) is 0 Å². The summed E-state index contributed by atoms with van der Waals surface area (Å²) < 4.78 is 0. The first-order chi connectivity index (χ1) is 9.64. The predicted molar refractivity (Wildman–Crippen MR) is 95.7 cm³/mol. The van der Waals surface area contributed by atoms with Gasteiger partial charge >= 0.3 is 0 Å². The summed E-state index contributed by atoms with van der Waals surface area (Å²) >= 11 is 0. The Hall–Kier alpha value is -0.0400. The number of unbranched alkanes of at least 4 members (excludes halogenated alkanes) is 4. The van der Waals surface area contributed by atoms with Crippen molar-refractivity contribution in [2.75, 3.05) is 6.61 Å². The molecule has 0 saturated carbocycles. The van der Waals surface area contributed by atoms with Crippen molar-refractivity contribution in [1.29, 1.82) is 0 Å². The summed E-state index contributed by atoms with van der Waals surface area (Å²) in [7, 11) is 0. The summed E-state index contributed by atoms with van der Waals surface area (Å²) in [6.45, 7) is 14.3. The van der Waals surface area contributed by atoms with Crippen molar-refractivity contribution in [1.82, 2.24) is 0 Å². The lowest BCUT2D eigenvalue weighted by molar-refractivity contribution is 0.203. The lowest BCUT2D eigenvalue weighted by atomic mass is 9.87. The van der Waals surface area contributed by atoms with Crippen molar-refractivity contribution in [3.05, 3.63) is 0 Å². The summed E-state index contributed by atoms with van der Waals surface area (Å²) in [6.07, 6.45) is 13.0. The monoisotopic (exact) mass is 298 g/mol. The number of aliphatic hydroxyl groups is 1. The van der Waals surface area contributed by atoms with Crippen LogP contribution >= 0.6 is 0 Å². The molecule has 0 bridgehead atoms. The van der Waals surface area contributed by atoms with E-state index in [1.807, 2.05) is 0 Å². The van der Waals surface area contributed by atoms with E-state index in [0.717, 1.165) is 0 Å². The third-order valence-corrected chi connectivity index (χ3v) is 4.34. The highest BCUT2D eigenvalue weighted by atomic mass is 16.3. The summed E-state index contributed by atoms with van der Waals surface area (Å²) in [5, 5.41) is 9.50. The maximum absolute atomic E-state index is 9.50. The van der Waals surface area contributed by atoms with E-state index < -0.39 is 0 Å². The second-order valence-corrected chi connectivity index (χ2v) is 9.37. The van der Waals surface area contributed by atoms with Crippen molar-refractivity contribution in [2.24, 2.45) is 16.7 Å². The van der Waals surface area contributed by atoms with E-state index in [1.54, 1.807) is 0 Å². The highest BCUT2D eigenvalue weighted by Crippen LogP contribution is 2.25. The minimum absolute atomic E-state index is 0.387. The third-order valence-electron chi connectivity index (χ3n) is 4.34. The van der Waals surface area contributed by atoms with Crippen LogP contribution in [-0.2, 0) is 0 Å². The molecule has 0 aliphatic heterocycles. The first-order valence-corrected chi connectivity index (χ1v) is 9.25. The Morgan fingerprint density at radius 1 is 0.619 bits per heavy atom. The normalized spacial score (nSPS) is 13.1. The Bertz CT molecular complexity index is 207. The SMILES string of the molecule is CC(C)(C)CCCCCC(CO)CCCCCC(C)(C)C. The van der Waals surface area contributed by atoms with Gasteiger partial charge in [0.1, 0.15) is 0 Å². The lowest BCUT2D eigenvalue weighted by Crippen LogP contribution is -2.08. The zero-order valence-corrected chi connectivity index (χ0v) is 15.8. The minimum atomic E-state index is 0.387. The van der Waals surface area contributed by atoms with Crippen LogP contribution in [0.25, 0.3) is 0 Å². The summed E-state index contributed by atoms with van der Waals surface area (Å²) in [6, 6.07) is 0. The Morgan fingerprint density at radius 3 is 1.29 bits per heavy atom. The Labute approximate surface area is 134 Å². The van der Waals surface area contributed by atoms with Crippen molar-refractivity contribution in [3.63, 3.8) is 0 Å². The van der Waals surface area contributed by atoms with E-state index in [0.29, 0.717) is 23.4 Å². The van der Waals surface area contributed by atoms with Gasteiger partial charge in [-0.1, -0.05) is 80.1 Å². The largest absolute Gasteiger partial charge is 0.396 e. The van der Waals surface area contributed by atoms with Crippen molar-refractivity contribution < 1.29 is 5.11 Å². The fraction of sp³-hybridized carbons (Fsp3) is 1.00. The maximum atomic E-state index is 9.50. The standard InChI is InChI=1S/C20H42O/c1-19(2,3)15-11-7-9-13-18(17-21)14-10-8-12-16-20(4,5)6/h18,21H,7-17H2,1-6H3. The zero-order valence-electron chi connectivity index (χ0n) is 15.8. The molecule has 128 valence electrons. The van der Waals surface area contributed by atoms with E-state index in [1.165, 1.54) is 64.2 Å². The smallest absolute Gasteiger partial charge is 0.0459 e. The minimum Gasteiger partial charge on any atom is -0.396 e. The van der Waals surface area contributed by atoms with Gasteiger partial charge in [-0.3, -0.25) is 0 Å². The van der Waals surface area contributed by atoms with Crippen LogP contribution in [0.15, 0.2) is 0 Å². The van der Waals surface area contributed by atoms with Gasteiger partial charge < -0.3 is 5.11 Å². The second-order valence-electron chi connectivity index (χ2n) is 9.37. The maximum Gasteiger partial charge on any atom is 0.0459 e. The van der Waals surface area contributed by atoms with Gasteiger partial charge in [-0.25, -0.2) is 0 Å². The van der Waals surface area contributed by atoms with E-state index in [9.17, 15) is 5.11 Å². The van der Waals surface area contributed by atoms with Crippen LogP contribution in [0.4, 0.5) is 0 Å². The molecule has 0 amide bonds. The quantitative estimate of drug-likeness (QED) is 0.427. The molecule has 0 rings (SSSR count). The average Bonchev–Trinajstić information content (AvgIpc) is 2.32. The van der Waals surface area contributed by atoms with Crippen LogP contribution < -0.4 is 0 Å². The molecule has 0 heterocycles. The molecule has 0 aromatic rings. The molecule has 0 aromatic carbocycles. The molecule has 0 aliphatic carbocycles. The highest BCUT2D eigenvalue weighted by molar-refractivity contribution is 4.64. The molecule has 0 fully saturated rings. The molecule has 0 spiro atoms. The molecule has 0 aromatic heterocycles. The van der Waals surface area contributed by atoms with Gasteiger partial charge in [0.25, 0.3) is 0 Å². The van der Waals surface area contributed by atoms with E-state index in [4.69, 9.17) is 0 Å². The fourth-order valence-corrected chi connectivity index (χ4v) is 2.86. The molecule has 0 atom stereocenters. The molecule has 0 radical (unpaired) electrons. The average molecular weight is 299 g/mol. The van der Waals surface area contributed by atoms with Crippen molar-refractivity contribution >= 4 is 0 Å². The fourth-order valence-electron chi connectivity index (χ4n) is 2.86. The molecule has 1 nitrogen and oxygen atoms in total. The van der Waals surface area contributed by atoms with Gasteiger partial charge in [0, 0.05) is 6.61 Å². The van der Waals surface area contributed by atoms with Crippen LogP contribution in [0, 0.1) is 16.7 Å². The zero-order chi connectivity index (χ0) is 16.4. The molecular weight excluding hydrogens is 256 g/mol. The number of hydrogen-bond acceptors (Lipinski definition) is 1. The molecule has 1 heteroatoms. The molecule has 0 saturated heterocycles. The Kier molecular flexibility index (Phi) is 10.6. The topological polar surface area (TPSA) is 20.2 Å². The lowest BCUT2D eigenvalue weighted by Gasteiger charge is -2.19. The Morgan fingerprint density at radius 2 is 1.00 bits per heavy atom. The molecule has 1 N–H and O–H groups in total. The molecular formula is C20H42O. The summed E-state index contributed by atoms with van der Waals surface area (Å²) in [5.41, 5.74) is 0.951. The van der Waals surface area contributed by atoms with Gasteiger partial charge in [-0.05, 0) is 42.4 Å². The highest BCUT2D eigenvalue weighted by Gasteiger charge is 2.12. The molecule has 0 unspecified atom stereocenters. The molecule has 21 heavy (non-hydrogen) atoms. The first kappa shape index (κ1) is 21.0. The van der Waals surface area contributed by atoms with E-state index in [-0.39, 0.29) is 0 Å². The van der Waals surface area contributed by atoms with Crippen LogP contribution in [0.2, 0.25) is 0 Å². The number of hydrogen-bond donors (Lipinski definition) is 1.